The topological polar surface area (TPSA) is 99.1 Å². The van der Waals surface area contributed by atoms with Gasteiger partial charge >= 0.3 is 17.9 Å². The van der Waals surface area contributed by atoms with Gasteiger partial charge in [0, 0.05) is 19.4 Å². The molecule has 7 heteroatoms. The number of hydrogen-bond donors (Lipinski definition) is 1. The van der Waals surface area contributed by atoms with E-state index in [1.165, 1.54) is 37.3 Å². The number of carbonyl (C=O) groups excluding carboxylic acids is 3. The molecule has 3 rings (SSSR count). The van der Waals surface area contributed by atoms with Crippen LogP contribution in [0.15, 0.2) is 78.9 Å². The molecule has 0 saturated carbocycles. The van der Waals surface area contributed by atoms with E-state index in [2.05, 4.69) is 0 Å². The summed E-state index contributed by atoms with van der Waals surface area (Å²) in [4.78, 5) is 35.4. The molecule has 0 fully saturated rings. The molecule has 0 aliphatic carbocycles. The largest absolute Gasteiger partial charge is 0.508 e. The number of phenols is 1. The maximum Gasteiger partial charge on any atom is 0.341 e. The summed E-state index contributed by atoms with van der Waals surface area (Å²) in [5.74, 6) is -0.954. The molecule has 3 aromatic rings. The van der Waals surface area contributed by atoms with Gasteiger partial charge in [-0.2, -0.15) is 0 Å². The molecule has 0 unspecified atom stereocenters. The van der Waals surface area contributed by atoms with Crippen LogP contribution in [0.1, 0.15) is 28.4 Å². The fraction of sp³-hybridized carbons (Fsp3) is 0.115. The zero-order chi connectivity index (χ0) is 23.6. The minimum Gasteiger partial charge on any atom is -0.508 e. The van der Waals surface area contributed by atoms with Gasteiger partial charge in [-0.1, -0.05) is 36.4 Å². The Morgan fingerprint density at radius 1 is 0.879 bits per heavy atom. The van der Waals surface area contributed by atoms with Crippen LogP contribution in [0.3, 0.4) is 0 Å². The number of rotatable bonds is 8. The third-order valence-corrected chi connectivity index (χ3v) is 4.43. The van der Waals surface area contributed by atoms with Gasteiger partial charge in [-0.25, -0.2) is 9.59 Å². The first-order valence-electron chi connectivity index (χ1n) is 10.1. The molecule has 33 heavy (non-hydrogen) atoms. The van der Waals surface area contributed by atoms with Gasteiger partial charge in [0.1, 0.15) is 22.8 Å². The summed E-state index contributed by atoms with van der Waals surface area (Å²) in [6.07, 6.45) is 3.34. The van der Waals surface area contributed by atoms with Crippen molar-refractivity contribution in [3.05, 3.63) is 95.6 Å². The third-order valence-electron chi connectivity index (χ3n) is 4.43. The van der Waals surface area contributed by atoms with Crippen molar-refractivity contribution in [1.82, 2.24) is 0 Å². The number of phenolic OH excluding ortho intramolecular Hbond substituents is 1. The van der Waals surface area contributed by atoms with E-state index in [0.29, 0.717) is 12.2 Å². The maximum absolute atomic E-state index is 12.3. The van der Waals surface area contributed by atoms with Gasteiger partial charge < -0.3 is 19.3 Å². The fourth-order valence-corrected chi connectivity index (χ4v) is 2.84. The predicted molar refractivity (Wildman–Crippen MR) is 121 cm³/mol. The Balaban J connectivity index is 1.48. The molecule has 0 radical (unpaired) electrons. The van der Waals surface area contributed by atoms with Gasteiger partial charge in [-0.15, -0.1) is 0 Å². The molecule has 0 amide bonds. The number of para-hydroxylation sites is 1. The van der Waals surface area contributed by atoms with Gasteiger partial charge in [0.2, 0.25) is 0 Å². The second kappa shape index (κ2) is 11.3. The summed E-state index contributed by atoms with van der Waals surface area (Å²) in [6.45, 7) is 1.39. The molecule has 0 bridgehead atoms. The first-order valence-corrected chi connectivity index (χ1v) is 10.1. The summed E-state index contributed by atoms with van der Waals surface area (Å²) in [7, 11) is 0. The van der Waals surface area contributed by atoms with Crippen molar-refractivity contribution >= 4 is 24.0 Å². The van der Waals surface area contributed by atoms with E-state index in [-0.39, 0.29) is 23.7 Å². The molecule has 7 nitrogen and oxygen atoms in total. The van der Waals surface area contributed by atoms with E-state index in [4.69, 9.17) is 14.2 Å². The molecule has 0 aliphatic heterocycles. The van der Waals surface area contributed by atoms with Crippen LogP contribution < -0.4 is 9.47 Å². The normalized spacial score (nSPS) is 10.6. The monoisotopic (exact) mass is 446 g/mol. The van der Waals surface area contributed by atoms with E-state index in [1.807, 2.05) is 0 Å². The molecule has 0 aromatic heterocycles. The van der Waals surface area contributed by atoms with Gasteiger partial charge in [0.25, 0.3) is 0 Å². The average molecular weight is 446 g/mol. The van der Waals surface area contributed by atoms with Gasteiger partial charge in [-0.3, -0.25) is 4.79 Å². The Morgan fingerprint density at radius 3 is 2.27 bits per heavy atom. The van der Waals surface area contributed by atoms with Crippen molar-refractivity contribution in [3.63, 3.8) is 0 Å². The van der Waals surface area contributed by atoms with Crippen LogP contribution in [0.25, 0.3) is 6.08 Å². The molecule has 168 valence electrons. The van der Waals surface area contributed by atoms with E-state index in [1.54, 1.807) is 54.6 Å². The van der Waals surface area contributed by atoms with E-state index in [9.17, 15) is 19.5 Å². The molecule has 0 saturated heterocycles. The van der Waals surface area contributed by atoms with Crippen molar-refractivity contribution < 1.29 is 33.7 Å². The Hall–Kier alpha value is -4.39. The molecule has 0 atom stereocenters. The predicted octanol–water partition coefficient (Wildman–Crippen LogP) is 4.34. The molecule has 0 spiro atoms. The number of ether oxygens (including phenoxy) is 3. The molecule has 0 aliphatic rings. The molecular formula is C26H22O7. The molecule has 1 N–H and O–H groups in total. The summed E-state index contributed by atoms with van der Waals surface area (Å²) < 4.78 is 15.6. The first kappa shape index (κ1) is 23.3. The Kier molecular flexibility index (Phi) is 7.96. The van der Waals surface area contributed by atoms with Crippen molar-refractivity contribution in [1.29, 1.82) is 0 Å². The van der Waals surface area contributed by atoms with Crippen LogP contribution in [-0.2, 0) is 20.7 Å². The number of hydrogen-bond acceptors (Lipinski definition) is 7. The van der Waals surface area contributed by atoms with Gasteiger partial charge in [0.15, 0.2) is 0 Å². The van der Waals surface area contributed by atoms with E-state index >= 15 is 0 Å². The van der Waals surface area contributed by atoms with Crippen LogP contribution >= 0.6 is 0 Å². The standard InChI is InChI=1S/C26H22O7/c1-18(27)32-24-5-3-2-4-23(24)26(30)31-17-16-20-8-13-22(14-9-20)33-25(29)15-10-19-6-11-21(28)12-7-19/h2-15,28H,16-17H2,1H3/b15-10+. The van der Waals surface area contributed by atoms with Gasteiger partial charge in [-0.05, 0) is 53.6 Å². The highest BCUT2D eigenvalue weighted by Crippen LogP contribution is 2.20. The first-order chi connectivity index (χ1) is 15.9. The van der Waals surface area contributed by atoms with Crippen LogP contribution in [0, 0.1) is 0 Å². The van der Waals surface area contributed by atoms with Crippen molar-refractivity contribution in [2.24, 2.45) is 0 Å². The Labute approximate surface area is 190 Å². The summed E-state index contributed by atoms with van der Waals surface area (Å²) in [6, 6.07) is 19.6. The summed E-state index contributed by atoms with van der Waals surface area (Å²) >= 11 is 0. The zero-order valence-corrected chi connectivity index (χ0v) is 17.9. The van der Waals surface area contributed by atoms with Crippen molar-refractivity contribution in [2.75, 3.05) is 6.61 Å². The Bertz CT molecular complexity index is 1150. The van der Waals surface area contributed by atoms with Crippen LogP contribution in [0.4, 0.5) is 0 Å². The number of esters is 3. The number of benzene rings is 3. The van der Waals surface area contributed by atoms with Crippen LogP contribution in [-0.4, -0.2) is 29.6 Å². The lowest BCUT2D eigenvalue weighted by atomic mass is 10.1. The van der Waals surface area contributed by atoms with E-state index < -0.39 is 17.9 Å². The molecular weight excluding hydrogens is 424 g/mol. The highest BCUT2D eigenvalue weighted by atomic mass is 16.5. The average Bonchev–Trinajstić information content (AvgIpc) is 2.80. The van der Waals surface area contributed by atoms with Gasteiger partial charge in [0.05, 0.1) is 6.61 Å². The third kappa shape index (κ3) is 7.36. The minimum absolute atomic E-state index is 0.127. The Morgan fingerprint density at radius 2 is 1.58 bits per heavy atom. The second-order valence-electron chi connectivity index (χ2n) is 6.97. The SMILES string of the molecule is CC(=O)Oc1ccccc1C(=O)OCCc1ccc(OC(=O)/C=C/c2ccc(O)cc2)cc1. The molecule has 3 aromatic carbocycles. The van der Waals surface area contributed by atoms with Crippen LogP contribution in [0.5, 0.6) is 17.2 Å². The maximum atomic E-state index is 12.3. The summed E-state index contributed by atoms with van der Waals surface area (Å²) in [5.41, 5.74) is 1.82. The minimum atomic E-state index is -0.585. The van der Waals surface area contributed by atoms with E-state index in [0.717, 1.165) is 11.1 Å². The molecule has 0 heterocycles. The zero-order valence-electron chi connectivity index (χ0n) is 17.9. The summed E-state index contributed by atoms with van der Waals surface area (Å²) in [5, 5.41) is 9.27. The highest BCUT2D eigenvalue weighted by molar-refractivity contribution is 5.93. The fourth-order valence-electron chi connectivity index (χ4n) is 2.84. The number of carbonyl (C=O) groups is 3. The quantitative estimate of drug-likeness (QED) is 0.312. The van der Waals surface area contributed by atoms with Crippen molar-refractivity contribution in [3.8, 4) is 17.2 Å². The van der Waals surface area contributed by atoms with Crippen LogP contribution in [0.2, 0.25) is 0 Å². The van der Waals surface area contributed by atoms with Crippen molar-refractivity contribution in [2.45, 2.75) is 13.3 Å². The lowest BCUT2D eigenvalue weighted by Crippen LogP contribution is -2.12. The second-order valence-corrected chi connectivity index (χ2v) is 6.97. The smallest absolute Gasteiger partial charge is 0.341 e. The highest BCUT2D eigenvalue weighted by Gasteiger charge is 2.14. The lowest BCUT2D eigenvalue weighted by molar-refractivity contribution is -0.132. The number of aromatic hydroxyl groups is 1. The lowest BCUT2D eigenvalue weighted by Gasteiger charge is -2.09.